The Morgan fingerprint density at radius 1 is 0.958 bits per heavy atom. The number of nitrogens with one attached hydrogen (secondary N) is 1. The molecule has 0 fully saturated rings. The van der Waals surface area contributed by atoms with Crippen LogP contribution in [0, 0.1) is 11.3 Å². The van der Waals surface area contributed by atoms with Crippen LogP contribution in [0.2, 0.25) is 0 Å². The molecule has 0 aromatic rings. The Morgan fingerprint density at radius 2 is 1.33 bits per heavy atom. The Bertz CT molecular complexity index is 525. The fourth-order valence-electron chi connectivity index (χ4n) is 0.962. The van der Waals surface area contributed by atoms with E-state index in [-0.39, 0.29) is 118 Å². The molecule has 0 aliphatic rings. The molecule has 0 aliphatic heterocycles. The second-order valence-corrected chi connectivity index (χ2v) is 4.98. The zero-order chi connectivity index (χ0) is 16.1. The number of hydrogen-bond acceptors (Lipinski definition) is 11. The molecule has 0 aromatic heterocycles. The second-order valence-electron chi connectivity index (χ2n) is 3.43. The third kappa shape index (κ3) is 14.9. The van der Waals surface area contributed by atoms with E-state index in [1.807, 2.05) is 0 Å². The summed E-state index contributed by atoms with van der Waals surface area (Å²) < 4.78 is 36.0. The van der Waals surface area contributed by atoms with Crippen LogP contribution in [0.15, 0.2) is 0 Å². The van der Waals surface area contributed by atoms with Gasteiger partial charge in [0.2, 0.25) is 0 Å². The molecule has 0 radical (unpaired) electrons. The fourth-order valence-corrected chi connectivity index (χ4v) is 1.62. The molecular weight excluding hydrogens is 394 g/mol. The van der Waals surface area contributed by atoms with Gasteiger partial charge in [0.05, 0.1) is 17.9 Å². The molecule has 1 unspecified atom stereocenters. The average Bonchev–Trinajstić information content (AvgIpc) is 2.22. The van der Waals surface area contributed by atoms with Crippen LogP contribution in [0.3, 0.4) is 0 Å². The second kappa shape index (κ2) is 16.9. The normalized spacial score (nSPS) is 10.6. The molecule has 114 valence electrons. The van der Waals surface area contributed by atoms with Gasteiger partial charge in [-0.1, -0.05) is 0 Å². The summed E-state index contributed by atoms with van der Waals surface area (Å²) in [5.41, 5.74) is 0. The van der Waals surface area contributed by atoms with Crippen molar-refractivity contribution in [1.82, 2.24) is 0 Å². The molecule has 0 aromatic carbocycles. The summed E-state index contributed by atoms with van der Waals surface area (Å²) >= 11 is 0. The van der Waals surface area contributed by atoms with Gasteiger partial charge in [0.25, 0.3) is 0 Å². The summed E-state index contributed by atoms with van der Waals surface area (Å²) in [7, 11) is -5.34. The summed E-state index contributed by atoms with van der Waals surface area (Å²) in [4.78, 5) is 31.8. The first kappa shape index (κ1) is 36.7. The maximum Gasteiger partial charge on any atom is 1.00 e. The van der Waals surface area contributed by atoms with Gasteiger partial charge in [-0.2, -0.15) is 0 Å². The monoisotopic (exact) mass is 401 g/mol. The van der Waals surface area contributed by atoms with Crippen molar-refractivity contribution in [2.45, 2.75) is 11.7 Å². The Kier molecular flexibility index (Phi) is 25.9. The number of carboxylic acids is 2. The zero-order valence-electron chi connectivity index (χ0n) is 13.6. The summed E-state index contributed by atoms with van der Waals surface area (Å²) in [5, 5.41) is 34.9. The van der Waals surface area contributed by atoms with Gasteiger partial charge in [-0.15, -0.1) is 0 Å². The fraction of sp³-hybridized carbons (Fsp3) is 0.500. The van der Waals surface area contributed by atoms with Crippen molar-refractivity contribution in [3.05, 3.63) is 0 Å². The first-order chi connectivity index (χ1) is 8.96. The Morgan fingerprint density at radius 3 is 1.58 bits per heavy atom. The average molecular weight is 401 g/mol. The van der Waals surface area contributed by atoms with Crippen LogP contribution < -0.4 is 134 Å². The molecule has 0 bridgehead atoms. The van der Waals surface area contributed by atoms with Crippen molar-refractivity contribution >= 4 is 33.9 Å². The number of ether oxygens (including phenoxy) is 1. The minimum absolute atomic E-state index is 0. The van der Waals surface area contributed by atoms with E-state index >= 15 is 0 Å². The number of carbonyl (C=O) groups excluding carboxylic acids is 3. The SMILES string of the molecule is N=C([O-])CC(C(=O)OCC(C(=O)[O-])C(=O)[O-])S(=O)(=O)[O-].[Na+].[Na+].[Na+].[Na+]. The number of esters is 1. The molecule has 0 heterocycles. The van der Waals surface area contributed by atoms with Crippen molar-refractivity contribution in [3.63, 3.8) is 0 Å². The van der Waals surface area contributed by atoms with Gasteiger partial charge >= 0.3 is 124 Å². The molecule has 0 saturated carbocycles. The Balaban J connectivity index is -0.000000301. The standard InChI is InChI=1S/C8H11NO10S.4Na/c9-5(10)1-4(20(16,17)18)8(15)19-2-3(6(11)12)7(13)14;;;;/h3-4H,1-2H2,(H2,9,10)(H,11,12)(H,13,14)(H,16,17,18);;;;/q;4*+1/p-4. The first-order valence-corrected chi connectivity index (χ1v) is 6.21. The number of carboxylic acid groups (broad SMARTS) is 2. The van der Waals surface area contributed by atoms with Gasteiger partial charge in [0, 0.05) is 6.42 Å². The molecule has 0 saturated heterocycles. The molecule has 24 heavy (non-hydrogen) atoms. The Hall–Kier alpha value is 1.79. The third-order valence-electron chi connectivity index (χ3n) is 1.94. The molecule has 16 heteroatoms. The molecule has 0 rings (SSSR count). The topological polar surface area (TPSA) is 211 Å². The number of rotatable bonds is 8. The van der Waals surface area contributed by atoms with Crippen LogP contribution in [0.25, 0.3) is 0 Å². The van der Waals surface area contributed by atoms with E-state index in [2.05, 4.69) is 4.74 Å². The minimum atomic E-state index is -5.34. The van der Waals surface area contributed by atoms with Crippen molar-refractivity contribution in [3.8, 4) is 0 Å². The minimum Gasteiger partial charge on any atom is -0.862 e. The van der Waals surface area contributed by atoms with Gasteiger partial charge in [0.1, 0.15) is 16.7 Å². The van der Waals surface area contributed by atoms with E-state index in [9.17, 15) is 42.7 Å². The third-order valence-corrected chi connectivity index (χ3v) is 3.00. The van der Waals surface area contributed by atoms with E-state index in [0.29, 0.717) is 0 Å². The maximum atomic E-state index is 11.2. The molecule has 0 spiro atoms. The predicted molar refractivity (Wildman–Crippen MR) is 50.3 cm³/mol. The van der Waals surface area contributed by atoms with Gasteiger partial charge in [0.15, 0.2) is 5.25 Å². The molecule has 0 aliphatic carbocycles. The molecule has 1 N–H and O–H groups in total. The first-order valence-electron chi connectivity index (χ1n) is 4.74. The van der Waals surface area contributed by atoms with E-state index < -0.39 is 58.1 Å². The van der Waals surface area contributed by atoms with E-state index in [4.69, 9.17) is 5.41 Å². The summed E-state index contributed by atoms with van der Waals surface area (Å²) in [6, 6.07) is 0. The smallest absolute Gasteiger partial charge is 0.862 e. The van der Waals surface area contributed by atoms with Crippen LogP contribution in [-0.2, 0) is 29.2 Å². The van der Waals surface area contributed by atoms with Gasteiger partial charge in [-0.3, -0.25) is 4.79 Å². The van der Waals surface area contributed by atoms with Crippen LogP contribution in [0.1, 0.15) is 6.42 Å². The van der Waals surface area contributed by atoms with Crippen molar-refractivity contribution < 1.29 is 166 Å². The van der Waals surface area contributed by atoms with Crippen LogP contribution in [0.5, 0.6) is 0 Å². The molecule has 1 atom stereocenters. The van der Waals surface area contributed by atoms with Crippen LogP contribution in [0.4, 0.5) is 0 Å². The molecule has 0 amide bonds. The van der Waals surface area contributed by atoms with E-state index in [0.717, 1.165) is 0 Å². The number of carbonyl (C=O) groups is 3. The van der Waals surface area contributed by atoms with Gasteiger partial charge in [-0.25, -0.2) is 8.42 Å². The van der Waals surface area contributed by atoms with Crippen molar-refractivity contribution in [2.24, 2.45) is 5.92 Å². The maximum absolute atomic E-state index is 11.2. The Labute approximate surface area is 225 Å². The largest absolute Gasteiger partial charge is 1.00 e. The summed E-state index contributed by atoms with van der Waals surface area (Å²) in [6.07, 6.45) is -1.30. The molecular formula is C8H7NNa4O10S. The van der Waals surface area contributed by atoms with E-state index in [1.165, 1.54) is 0 Å². The van der Waals surface area contributed by atoms with E-state index in [1.54, 1.807) is 0 Å². The molecule has 11 nitrogen and oxygen atoms in total. The summed E-state index contributed by atoms with van der Waals surface area (Å²) in [5.74, 6) is -10.1. The summed E-state index contributed by atoms with van der Waals surface area (Å²) in [6.45, 7) is -1.35. The van der Waals surface area contributed by atoms with Crippen LogP contribution >= 0.6 is 0 Å². The van der Waals surface area contributed by atoms with Gasteiger partial charge in [-0.05, 0) is 5.90 Å². The zero-order valence-corrected chi connectivity index (χ0v) is 22.4. The van der Waals surface area contributed by atoms with Crippen LogP contribution in [-0.4, -0.2) is 48.6 Å². The predicted octanol–water partition coefficient (Wildman–Crippen LogP) is -17.7. The quantitative estimate of drug-likeness (QED) is 0.101. The number of aliphatic carboxylic acids is 2. The number of hydrogen-bond donors (Lipinski definition) is 1. The van der Waals surface area contributed by atoms with Crippen molar-refractivity contribution in [1.29, 1.82) is 5.41 Å². The van der Waals surface area contributed by atoms with Crippen molar-refractivity contribution in [2.75, 3.05) is 6.61 Å². The van der Waals surface area contributed by atoms with Gasteiger partial charge < -0.3 is 39.6 Å².